The van der Waals surface area contributed by atoms with Gasteiger partial charge < -0.3 is 15.3 Å². The molecule has 3 rings (SSSR count). The maximum absolute atomic E-state index is 12.0. The predicted molar refractivity (Wildman–Crippen MR) is 92.5 cm³/mol. The van der Waals surface area contributed by atoms with Crippen molar-refractivity contribution < 1.29 is 20.1 Å². The summed E-state index contributed by atoms with van der Waals surface area (Å²) in [6, 6.07) is 0. The summed E-state index contributed by atoms with van der Waals surface area (Å²) in [6.45, 7) is 7.92. The average Bonchev–Trinajstić information content (AvgIpc) is 2.48. The molecule has 3 N–H and O–H groups in total. The summed E-state index contributed by atoms with van der Waals surface area (Å²) >= 11 is 0. The molecular weight excluding hydrogens is 304 g/mol. The van der Waals surface area contributed by atoms with E-state index in [4.69, 9.17) is 0 Å². The molecular formula is C20H32O4. The Kier molecular flexibility index (Phi) is 3.97. The predicted octanol–water partition coefficient (Wildman–Crippen LogP) is 3.52. The molecule has 2 saturated carbocycles. The summed E-state index contributed by atoms with van der Waals surface area (Å²) in [5, 5.41) is 33.0. The smallest absolute Gasteiger partial charge is 0.309 e. The van der Waals surface area contributed by atoms with Gasteiger partial charge in [0.1, 0.15) is 0 Å². The molecule has 1 unspecified atom stereocenters. The van der Waals surface area contributed by atoms with Crippen LogP contribution in [0.1, 0.15) is 72.6 Å². The highest BCUT2D eigenvalue weighted by Gasteiger charge is 2.66. The topological polar surface area (TPSA) is 77.8 Å². The van der Waals surface area contributed by atoms with E-state index in [1.54, 1.807) is 0 Å². The number of hydrogen-bond donors (Lipinski definition) is 3. The van der Waals surface area contributed by atoms with Crippen molar-refractivity contribution in [3.05, 3.63) is 11.6 Å². The summed E-state index contributed by atoms with van der Waals surface area (Å²) < 4.78 is 0. The standard InChI is InChI=1S/C20H32O4/c1-13(2)19(23)11-6-12-20(24)15(19)8-7-14-17(3,16(21)22)9-5-10-18(14,20)4/h8,13-14,23-24H,5-7,9-12H2,1-4H3,(H,21,22)/t14?,17-,18+,19-,20-/m1/s1. The molecule has 0 radical (unpaired) electrons. The third-order valence-electron chi connectivity index (χ3n) is 7.89. The number of carboxylic acid groups (broad SMARTS) is 1. The third kappa shape index (κ3) is 2.02. The van der Waals surface area contributed by atoms with E-state index in [2.05, 4.69) is 6.92 Å². The first-order valence-corrected chi connectivity index (χ1v) is 9.42. The Bertz CT molecular complexity index is 582. The largest absolute Gasteiger partial charge is 0.481 e. The van der Waals surface area contributed by atoms with Crippen molar-refractivity contribution in [3.8, 4) is 0 Å². The molecule has 0 amide bonds. The normalized spacial score (nSPS) is 48.5. The van der Waals surface area contributed by atoms with E-state index in [-0.39, 0.29) is 11.8 Å². The average molecular weight is 336 g/mol. The van der Waals surface area contributed by atoms with Crippen molar-refractivity contribution in [3.63, 3.8) is 0 Å². The van der Waals surface area contributed by atoms with Crippen LogP contribution in [0.4, 0.5) is 0 Å². The minimum Gasteiger partial charge on any atom is -0.481 e. The number of fused-ring (bicyclic) bond motifs is 3. The fraction of sp³-hybridized carbons (Fsp3) is 0.850. The maximum atomic E-state index is 12.0. The number of allylic oxidation sites excluding steroid dienone is 1. The van der Waals surface area contributed by atoms with E-state index in [9.17, 15) is 20.1 Å². The number of hydrogen-bond acceptors (Lipinski definition) is 3. The lowest BCUT2D eigenvalue weighted by molar-refractivity contribution is -0.193. The second-order valence-electron chi connectivity index (χ2n) is 9.19. The number of aliphatic hydroxyl groups is 2. The number of carbonyl (C=O) groups is 1. The lowest BCUT2D eigenvalue weighted by Crippen LogP contribution is -2.66. The monoisotopic (exact) mass is 336 g/mol. The summed E-state index contributed by atoms with van der Waals surface area (Å²) in [5.74, 6) is -0.821. The molecule has 0 aliphatic heterocycles. The van der Waals surface area contributed by atoms with Crippen LogP contribution < -0.4 is 0 Å². The van der Waals surface area contributed by atoms with E-state index in [1.807, 2.05) is 26.8 Å². The summed E-state index contributed by atoms with van der Waals surface area (Å²) in [6.07, 6.45) is 6.98. The molecule has 0 heterocycles. The Balaban J connectivity index is 2.15. The van der Waals surface area contributed by atoms with Gasteiger partial charge in [-0.3, -0.25) is 4.79 Å². The zero-order chi connectivity index (χ0) is 18.0. The fourth-order valence-corrected chi connectivity index (χ4v) is 6.16. The number of carboxylic acids is 1. The Morgan fingerprint density at radius 2 is 1.75 bits per heavy atom. The van der Waals surface area contributed by atoms with Crippen LogP contribution >= 0.6 is 0 Å². The summed E-state index contributed by atoms with van der Waals surface area (Å²) in [4.78, 5) is 12.0. The highest BCUT2D eigenvalue weighted by atomic mass is 16.4. The minimum absolute atomic E-state index is 0.0326. The maximum Gasteiger partial charge on any atom is 0.309 e. The van der Waals surface area contributed by atoms with Gasteiger partial charge in [-0.1, -0.05) is 33.3 Å². The van der Waals surface area contributed by atoms with Gasteiger partial charge in [-0.15, -0.1) is 0 Å². The first kappa shape index (κ1) is 17.9. The summed E-state index contributed by atoms with van der Waals surface area (Å²) in [5.41, 5.74) is -2.60. The van der Waals surface area contributed by atoms with Gasteiger partial charge in [0, 0.05) is 5.41 Å². The molecule has 0 saturated heterocycles. The molecule has 0 aromatic carbocycles. The molecule has 24 heavy (non-hydrogen) atoms. The van der Waals surface area contributed by atoms with Crippen LogP contribution in [0.5, 0.6) is 0 Å². The van der Waals surface area contributed by atoms with Crippen LogP contribution in [0.15, 0.2) is 11.6 Å². The third-order valence-corrected chi connectivity index (χ3v) is 7.89. The highest BCUT2D eigenvalue weighted by Crippen LogP contribution is 2.65. The van der Waals surface area contributed by atoms with E-state index < -0.39 is 28.0 Å². The van der Waals surface area contributed by atoms with Gasteiger partial charge in [0.05, 0.1) is 16.6 Å². The minimum atomic E-state index is -1.09. The number of aliphatic carboxylic acids is 1. The van der Waals surface area contributed by atoms with Gasteiger partial charge in [-0.2, -0.15) is 0 Å². The quantitative estimate of drug-likeness (QED) is 0.674. The molecule has 3 aliphatic carbocycles. The van der Waals surface area contributed by atoms with Crippen LogP contribution in [0.3, 0.4) is 0 Å². The van der Waals surface area contributed by atoms with Gasteiger partial charge in [0.2, 0.25) is 0 Å². The first-order chi connectivity index (χ1) is 11.0. The molecule has 3 aliphatic rings. The van der Waals surface area contributed by atoms with Crippen molar-refractivity contribution in [2.75, 3.05) is 0 Å². The van der Waals surface area contributed by atoms with Crippen molar-refractivity contribution in [1.82, 2.24) is 0 Å². The van der Waals surface area contributed by atoms with Gasteiger partial charge in [-0.05, 0) is 62.9 Å². The molecule has 0 spiro atoms. The van der Waals surface area contributed by atoms with Crippen LogP contribution in [-0.2, 0) is 4.79 Å². The molecule has 4 nitrogen and oxygen atoms in total. The second-order valence-corrected chi connectivity index (χ2v) is 9.19. The Hall–Kier alpha value is -0.870. The second kappa shape index (κ2) is 5.31. The van der Waals surface area contributed by atoms with Crippen LogP contribution in [0, 0.1) is 22.7 Å². The van der Waals surface area contributed by atoms with Crippen molar-refractivity contribution in [1.29, 1.82) is 0 Å². The van der Waals surface area contributed by atoms with E-state index in [0.29, 0.717) is 25.7 Å². The fourth-order valence-electron chi connectivity index (χ4n) is 6.16. The van der Waals surface area contributed by atoms with E-state index in [1.165, 1.54) is 0 Å². The molecule has 5 atom stereocenters. The molecule has 136 valence electrons. The van der Waals surface area contributed by atoms with Crippen LogP contribution in [0.2, 0.25) is 0 Å². The van der Waals surface area contributed by atoms with Crippen LogP contribution in [0.25, 0.3) is 0 Å². The molecule has 0 bridgehead atoms. The van der Waals surface area contributed by atoms with Gasteiger partial charge in [0.15, 0.2) is 0 Å². The number of rotatable bonds is 2. The first-order valence-electron chi connectivity index (χ1n) is 9.42. The van der Waals surface area contributed by atoms with Crippen molar-refractivity contribution in [2.45, 2.75) is 83.8 Å². The Morgan fingerprint density at radius 3 is 2.33 bits per heavy atom. The molecule has 2 fully saturated rings. The molecule has 0 aromatic rings. The Morgan fingerprint density at radius 1 is 1.12 bits per heavy atom. The van der Waals surface area contributed by atoms with Gasteiger partial charge in [0.25, 0.3) is 0 Å². The van der Waals surface area contributed by atoms with E-state index >= 15 is 0 Å². The van der Waals surface area contributed by atoms with Gasteiger partial charge >= 0.3 is 5.97 Å². The SMILES string of the molecule is CC(C)[C@]1(O)CCC[C@@]2(O)C1=CCC1[C@](C)(C(=O)O)CCC[C@@]12C. The zero-order valence-electron chi connectivity index (χ0n) is 15.4. The highest BCUT2D eigenvalue weighted by molar-refractivity contribution is 5.75. The lowest BCUT2D eigenvalue weighted by Gasteiger charge is -2.63. The zero-order valence-corrected chi connectivity index (χ0v) is 15.4. The van der Waals surface area contributed by atoms with Gasteiger partial charge in [-0.25, -0.2) is 0 Å². The van der Waals surface area contributed by atoms with Crippen molar-refractivity contribution >= 4 is 5.97 Å². The summed E-state index contributed by atoms with van der Waals surface area (Å²) in [7, 11) is 0. The lowest BCUT2D eigenvalue weighted by atomic mass is 9.43. The van der Waals surface area contributed by atoms with E-state index in [0.717, 1.165) is 24.8 Å². The molecule has 4 heteroatoms. The van der Waals surface area contributed by atoms with Crippen LogP contribution in [-0.4, -0.2) is 32.5 Å². The Labute approximate surface area is 145 Å². The molecule has 0 aromatic heterocycles. The van der Waals surface area contributed by atoms with Crippen molar-refractivity contribution in [2.24, 2.45) is 22.7 Å².